The number of rotatable bonds is 5. The number of aromatic nitrogens is 2. The van der Waals surface area contributed by atoms with Gasteiger partial charge in [0.15, 0.2) is 0 Å². The Morgan fingerprint density at radius 3 is 2.45 bits per heavy atom. The fourth-order valence-electron chi connectivity index (χ4n) is 3.75. The molecular formula is C23H24N4OS. The van der Waals surface area contributed by atoms with Gasteiger partial charge in [-0.05, 0) is 29.0 Å². The average molecular weight is 405 g/mol. The van der Waals surface area contributed by atoms with Crippen LogP contribution in [0.2, 0.25) is 0 Å². The van der Waals surface area contributed by atoms with E-state index >= 15 is 0 Å². The number of anilines is 1. The second kappa shape index (κ2) is 7.81. The molecule has 0 bridgehead atoms. The molecule has 5 nitrogen and oxygen atoms in total. The highest BCUT2D eigenvalue weighted by atomic mass is 32.1. The number of nitrogen functional groups attached to an aromatic ring is 1. The van der Waals surface area contributed by atoms with Crippen molar-refractivity contribution in [1.29, 1.82) is 0 Å². The summed E-state index contributed by atoms with van der Waals surface area (Å²) in [4.78, 5) is 17.8. The quantitative estimate of drug-likeness (QED) is 0.513. The Hall–Kier alpha value is -2.96. The van der Waals surface area contributed by atoms with Crippen molar-refractivity contribution in [3.8, 4) is 21.7 Å². The molecule has 0 spiro atoms. The molecule has 29 heavy (non-hydrogen) atoms. The maximum atomic E-state index is 13.4. The van der Waals surface area contributed by atoms with E-state index in [4.69, 9.17) is 11.5 Å². The van der Waals surface area contributed by atoms with Gasteiger partial charge in [-0.2, -0.15) is 0 Å². The van der Waals surface area contributed by atoms with Crippen LogP contribution in [0.4, 0.5) is 5.82 Å². The van der Waals surface area contributed by atoms with E-state index in [0.717, 1.165) is 32.8 Å². The number of fused-ring (bicyclic) bond motifs is 1. The third-order valence-electron chi connectivity index (χ3n) is 4.95. The van der Waals surface area contributed by atoms with E-state index in [9.17, 15) is 4.79 Å². The van der Waals surface area contributed by atoms with Crippen LogP contribution < -0.4 is 17.0 Å². The number of thiazole rings is 1. The maximum Gasteiger partial charge on any atom is 0.258 e. The van der Waals surface area contributed by atoms with Crippen molar-refractivity contribution in [2.24, 2.45) is 11.7 Å². The first kappa shape index (κ1) is 19.4. The zero-order chi connectivity index (χ0) is 20.5. The summed E-state index contributed by atoms with van der Waals surface area (Å²) in [5.41, 5.74) is 15.9. The van der Waals surface area contributed by atoms with Gasteiger partial charge in [0, 0.05) is 40.7 Å². The number of pyridine rings is 1. The third kappa shape index (κ3) is 3.57. The van der Waals surface area contributed by atoms with E-state index in [1.54, 1.807) is 0 Å². The van der Waals surface area contributed by atoms with E-state index in [-0.39, 0.29) is 12.1 Å². The van der Waals surface area contributed by atoms with Gasteiger partial charge in [-0.25, -0.2) is 4.98 Å². The zero-order valence-corrected chi connectivity index (χ0v) is 17.4. The van der Waals surface area contributed by atoms with Crippen LogP contribution in [0.1, 0.15) is 19.5 Å². The molecular weight excluding hydrogens is 380 g/mol. The van der Waals surface area contributed by atoms with E-state index in [0.29, 0.717) is 23.7 Å². The van der Waals surface area contributed by atoms with E-state index in [1.165, 1.54) is 11.3 Å². The molecule has 4 aromatic rings. The highest BCUT2D eigenvalue weighted by Gasteiger charge is 2.19. The third-order valence-corrected chi connectivity index (χ3v) is 5.86. The maximum absolute atomic E-state index is 13.4. The first-order chi connectivity index (χ1) is 14.0. The molecule has 0 fully saturated rings. The Balaban J connectivity index is 2.10. The summed E-state index contributed by atoms with van der Waals surface area (Å²) in [5, 5.41) is 4.25. The molecule has 148 valence electrons. The van der Waals surface area contributed by atoms with Gasteiger partial charge < -0.3 is 16.0 Å². The smallest absolute Gasteiger partial charge is 0.258 e. The van der Waals surface area contributed by atoms with Crippen LogP contribution in [0.3, 0.4) is 0 Å². The van der Waals surface area contributed by atoms with Crippen molar-refractivity contribution in [1.82, 2.24) is 9.55 Å². The zero-order valence-electron chi connectivity index (χ0n) is 16.6. The average Bonchev–Trinajstić information content (AvgIpc) is 3.16. The Morgan fingerprint density at radius 1 is 1.07 bits per heavy atom. The van der Waals surface area contributed by atoms with E-state index in [1.807, 2.05) is 46.3 Å². The van der Waals surface area contributed by atoms with Crippen molar-refractivity contribution in [3.63, 3.8) is 0 Å². The van der Waals surface area contributed by atoms with Crippen LogP contribution in [0.5, 0.6) is 0 Å². The number of hydrogen-bond acceptors (Lipinski definition) is 5. The predicted molar refractivity (Wildman–Crippen MR) is 122 cm³/mol. The summed E-state index contributed by atoms with van der Waals surface area (Å²) in [6, 6.07) is 16.0. The topological polar surface area (TPSA) is 86.9 Å². The summed E-state index contributed by atoms with van der Waals surface area (Å²) in [6.45, 7) is 5.13. The van der Waals surface area contributed by atoms with E-state index < -0.39 is 0 Å². The molecule has 0 saturated heterocycles. The van der Waals surface area contributed by atoms with Gasteiger partial charge >= 0.3 is 0 Å². The molecule has 2 aromatic carbocycles. The fourth-order valence-corrected chi connectivity index (χ4v) is 4.45. The van der Waals surface area contributed by atoms with Crippen LogP contribution in [0.25, 0.3) is 32.5 Å². The molecule has 0 radical (unpaired) electrons. The SMILES string of the molecule is CC(C)Cn1c(CN)c(-c2ccccc2)c2cc(-c3nc(N)cs3)ccc2c1=O. The lowest BCUT2D eigenvalue weighted by Crippen LogP contribution is -2.28. The van der Waals surface area contributed by atoms with Gasteiger partial charge in [-0.1, -0.05) is 50.2 Å². The number of nitrogens with two attached hydrogens (primary N) is 2. The van der Waals surface area contributed by atoms with Gasteiger partial charge in [0.2, 0.25) is 0 Å². The van der Waals surface area contributed by atoms with Crippen molar-refractivity contribution >= 4 is 27.9 Å². The van der Waals surface area contributed by atoms with E-state index in [2.05, 4.69) is 31.0 Å². The minimum atomic E-state index is -0.000895. The molecule has 0 saturated carbocycles. The molecule has 0 aliphatic rings. The Morgan fingerprint density at radius 2 is 1.83 bits per heavy atom. The molecule has 2 aromatic heterocycles. The second-order valence-electron chi connectivity index (χ2n) is 7.54. The Labute approximate surface area is 173 Å². The lowest BCUT2D eigenvalue weighted by atomic mass is 9.95. The van der Waals surface area contributed by atoms with Crippen LogP contribution >= 0.6 is 11.3 Å². The molecule has 2 heterocycles. The predicted octanol–water partition coefficient (Wildman–Crippen LogP) is 4.49. The second-order valence-corrected chi connectivity index (χ2v) is 8.40. The van der Waals surface area contributed by atoms with Gasteiger partial charge in [0.25, 0.3) is 5.56 Å². The number of hydrogen-bond donors (Lipinski definition) is 2. The summed E-state index contributed by atoms with van der Waals surface area (Å²) < 4.78 is 1.84. The molecule has 0 aliphatic carbocycles. The summed E-state index contributed by atoms with van der Waals surface area (Å²) >= 11 is 1.49. The molecule has 0 unspecified atom stereocenters. The van der Waals surface area contributed by atoms with Crippen LogP contribution in [0, 0.1) is 5.92 Å². The van der Waals surface area contributed by atoms with Crippen LogP contribution in [-0.2, 0) is 13.1 Å². The van der Waals surface area contributed by atoms with Crippen molar-refractivity contribution < 1.29 is 0 Å². The largest absolute Gasteiger partial charge is 0.383 e. The van der Waals surface area contributed by atoms with Crippen molar-refractivity contribution in [2.75, 3.05) is 5.73 Å². The summed E-state index contributed by atoms with van der Waals surface area (Å²) in [7, 11) is 0. The summed E-state index contributed by atoms with van der Waals surface area (Å²) in [6.07, 6.45) is 0. The first-order valence-electron chi connectivity index (χ1n) is 9.66. The molecule has 4 rings (SSSR count). The lowest BCUT2D eigenvalue weighted by molar-refractivity contribution is 0.499. The lowest BCUT2D eigenvalue weighted by Gasteiger charge is -2.21. The molecule has 6 heteroatoms. The highest BCUT2D eigenvalue weighted by Crippen LogP contribution is 2.34. The Bertz CT molecular complexity index is 1230. The van der Waals surface area contributed by atoms with Gasteiger partial charge in [0.05, 0.1) is 0 Å². The van der Waals surface area contributed by atoms with Crippen molar-refractivity contribution in [2.45, 2.75) is 26.9 Å². The van der Waals surface area contributed by atoms with Gasteiger partial charge in [-0.15, -0.1) is 11.3 Å². The molecule has 0 amide bonds. The fraction of sp³-hybridized carbons (Fsp3) is 0.217. The number of benzene rings is 2. The number of nitrogens with zero attached hydrogens (tertiary/aromatic N) is 2. The minimum absolute atomic E-state index is 0.000895. The monoisotopic (exact) mass is 404 g/mol. The highest BCUT2D eigenvalue weighted by molar-refractivity contribution is 7.13. The van der Waals surface area contributed by atoms with Gasteiger partial charge in [0.1, 0.15) is 10.8 Å². The van der Waals surface area contributed by atoms with Crippen LogP contribution in [-0.4, -0.2) is 9.55 Å². The standard InChI is InChI=1S/C23H24N4OS/c1-14(2)12-27-19(11-24)21(15-6-4-3-5-7-15)18-10-16(8-9-17(18)23(27)28)22-26-20(25)13-29-22/h3-10,13-14H,11-12,24-25H2,1-2H3. The molecule has 0 atom stereocenters. The summed E-state index contributed by atoms with van der Waals surface area (Å²) in [5.74, 6) is 0.833. The van der Waals surface area contributed by atoms with Crippen molar-refractivity contribution in [3.05, 3.63) is 70.0 Å². The normalized spacial score (nSPS) is 11.4. The van der Waals surface area contributed by atoms with Gasteiger partial charge in [-0.3, -0.25) is 4.79 Å². The first-order valence-corrected chi connectivity index (χ1v) is 10.5. The molecule has 0 aliphatic heterocycles. The minimum Gasteiger partial charge on any atom is -0.383 e. The Kier molecular flexibility index (Phi) is 5.22. The van der Waals surface area contributed by atoms with Crippen LogP contribution in [0.15, 0.2) is 58.7 Å². The molecule has 4 N–H and O–H groups in total.